The Balaban J connectivity index is 1.65. The second kappa shape index (κ2) is 5.71. The molecule has 1 aliphatic rings. The van der Waals surface area contributed by atoms with E-state index in [0.717, 1.165) is 17.6 Å². The van der Waals surface area contributed by atoms with Crippen LogP contribution in [0.1, 0.15) is 10.6 Å². The molecule has 2 heterocycles. The molecule has 1 aliphatic heterocycles. The van der Waals surface area contributed by atoms with Crippen molar-refractivity contribution in [3.8, 4) is 0 Å². The first-order chi connectivity index (χ1) is 9.75. The van der Waals surface area contributed by atoms with Crippen LogP contribution in [0.15, 0.2) is 51.6 Å². The van der Waals surface area contributed by atoms with Crippen molar-refractivity contribution in [2.45, 2.75) is 0 Å². The van der Waals surface area contributed by atoms with Crippen molar-refractivity contribution in [1.82, 2.24) is 4.90 Å². The molecule has 1 aromatic carbocycles. The van der Waals surface area contributed by atoms with Crippen molar-refractivity contribution in [2.24, 2.45) is 0 Å². The Morgan fingerprint density at radius 1 is 1.05 bits per heavy atom. The van der Waals surface area contributed by atoms with Crippen LogP contribution in [0.4, 0.5) is 5.69 Å². The minimum absolute atomic E-state index is 0.0261. The zero-order chi connectivity index (χ0) is 13.9. The highest BCUT2D eigenvalue weighted by Gasteiger charge is 2.24. The van der Waals surface area contributed by atoms with Gasteiger partial charge in [0.1, 0.15) is 0 Å². The Labute approximate surface area is 126 Å². The number of anilines is 1. The zero-order valence-corrected chi connectivity index (χ0v) is 12.5. The first-order valence-electron chi connectivity index (χ1n) is 6.58. The average molecular weight is 335 g/mol. The van der Waals surface area contributed by atoms with Crippen LogP contribution in [0, 0.1) is 0 Å². The summed E-state index contributed by atoms with van der Waals surface area (Å²) >= 11 is 3.57. The van der Waals surface area contributed by atoms with E-state index >= 15 is 0 Å². The van der Waals surface area contributed by atoms with Crippen molar-refractivity contribution < 1.29 is 9.21 Å². The predicted octanol–water partition coefficient (Wildman–Crippen LogP) is 3.00. The van der Waals surface area contributed by atoms with Gasteiger partial charge in [-0.25, -0.2) is 0 Å². The van der Waals surface area contributed by atoms with Crippen molar-refractivity contribution in [3.05, 3.63) is 52.9 Å². The quantitative estimate of drug-likeness (QED) is 0.847. The molecule has 1 amide bonds. The molecule has 2 aromatic rings. The number of amides is 1. The second-order valence-electron chi connectivity index (χ2n) is 4.71. The van der Waals surface area contributed by atoms with Gasteiger partial charge in [0.15, 0.2) is 5.76 Å². The summed E-state index contributed by atoms with van der Waals surface area (Å²) in [6, 6.07) is 11.6. The normalized spacial score (nSPS) is 15.4. The number of nitrogens with zero attached hydrogens (tertiary/aromatic N) is 2. The lowest BCUT2D eigenvalue weighted by atomic mass is 10.2. The van der Waals surface area contributed by atoms with Crippen LogP contribution in [0.5, 0.6) is 0 Å². The largest absolute Gasteiger partial charge is 0.459 e. The van der Waals surface area contributed by atoms with Crippen molar-refractivity contribution >= 4 is 27.5 Å². The van der Waals surface area contributed by atoms with Crippen LogP contribution in [0.3, 0.4) is 0 Å². The lowest BCUT2D eigenvalue weighted by Gasteiger charge is -2.36. The van der Waals surface area contributed by atoms with E-state index in [1.165, 1.54) is 12.0 Å². The highest BCUT2D eigenvalue weighted by atomic mass is 79.9. The molecule has 5 heteroatoms. The summed E-state index contributed by atoms with van der Waals surface area (Å²) in [7, 11) is 0. The lowest BCUT2D eigenvalue weighted by Crippen LogP contribution is -2.48. The molecule has 0 aliphatic carbocycles. The fourth-order valence-corrected chi connectivity index (χ4v) is 2.95. The van der Waals surface area contributed by atoms with Gasteiger partial charge >= 0.3 is 0 Å². The predicted molar refractivity (Wildman–Crippen MR) is 81.0 cm³/mol. The van der Waals surface area contributed by atoms with E-state index in [1.807, 2.05) is 23.1 Å². The van der Waals surface area contributed by atoms with Gasteiger partial charge in [0.05, 0.1) is 12.0 Å². The summed E-state index contributed by atoms with van der Waals surface area (Å²) in [5, 5.41) is 0. The maximum atomic E-state index is 12.2. The molecule has 0 radical (unpaired) electrons. The third kappa shape index (κ3) is 2.58. The van der Waals surface area contributed by atoms with E-state index in [-0.39, 0.29) is 5.91 Å². The number of piperazine rings is 1. The van der Waals surface area contributed by atoms with Crippen molar-refractivity contribution in [3.63, 3.8) is 0 Å². The van der Waals surface area contributed by atoms with E-state index in [4.69, 9.17) is 4.42 Å². The van der Waals surface area contributed by atoms with Gasteiger partial charge in [-0.3, -0.25) is 4.79 Å². The fourth-order valence-electron chi connectivity index (χ4n) is 2.41. The van der Waals surface area contributed by atoms with Crippen LogP contribution in [0.25, 0.3) is 0 Å². The highest BCUT2D eigenvalue weighted by Crippen LogP contribution is 2.26. The molecular formula is C15H15BrN2O2. The van der Waals surface area contributed by atoms with Gasteiger partial charge in [-0.05, 0) is 40.2 Å². The summed E-state index contributed by atoms with van der Waals surface area (Å²) in [4.78, 5) is 16.3. The van der Waals surface area contributed by atoms with Gasteiger partial charge in [-0.1, -0.05) is 12.1 Å². The third-order valence-electron chi connectivity index (χ3n) is 3.49. The lowest BCUT2D eigenvalue weighted by molar-refractivity contribution is 0.0714. The standard InChI is InChI=1S/C15H15BrN2O2/c16-12-4-1-2-5-13(12)17-7-9-18(10-8-17)15(19)14-6-3-11-20-14/h1-6,11H,7-10H2. The Morgan fingerprint density at radius 2 is 1.80 bits per heavy atom. The molecule has 0 bridgehead atoms. The average Bonchev–Trinajstić information content (AvgIpc) is 3.01. The van der Waals surface area contributed by atoms with Gasteiger partial charge < -0.3 is 14.2 Å². The minimum Gasteiger partial charge on any atom is -0.459 e. The number of rotatable bonds is 2. The summed E-state index contributed by atoms with van der Waals surface area (Å²) in [5.74, 6) is 0.390. The van der Waals surface area contributed by atoms with Gasteiger partial charge in [0.25, 0.3) is 5.91 Å². The number of hydrogen-bond donors (Lipinski definition) is 0. The summed E-state index contributed by atoms with van der Waals surface area (Å²) < 4.78 is 6.26. The van der Waals surface area contributed by atoms with Crippen LogP contribution >= 0.6 is 15.9 Å². The number of halogens is 1. The molecule has 104 valence electrons. The number of benzene rings is 1. The molecule has 1 saturated heterocycles. The van der Waals surface area contributed by atoms with Gasteiger partial charge in [-0.2, -0.15) is 0 Å². The molecule has 1 aromatic heterocycles. The number of hydrogen-bond acceptors (Lipinski definition) is 3. The van der Waals surface area contributed by atoms with E-state index in [2.05, 4.69) is 26.9 Å². The Morgan fingerprint density at radius 3 is 2.45 bits per heavy atom. The molecule has 0 N–H and O–H groups in total. The monoisotopic (exact) mass is 334 g/mol. The fraction of sp³-hybridized carbons (Fsp3) is 0.267. The van der Waals surface area contributed by atoms with Gasteiger partial charge in [0, 0.05) is 30.7 Å². The number of carbonyl (C=O) groups is 1. The van der Waals surface area contributed by atoms with Crippen LogP contribution < -0.4 is 4.90 Å². The molecule has 0 unspecified atom stereocenters. The first kappa shape index (κ1) is 13.2. The van der Waals surface area contributed by atoms with Crippen LogP contribution in [0.2, 0.25) is 0 Å². The zero-order valence-electron chi connectivity index (χ0n) is 11.0. The van der Waals surface area contributed by atoms with Gasteiger partial charge in [0.2, 0.25) is 0 Å². The SMILES string of the molecule is O=C(c1ccco1)N1CCN(c2ccccc2Br)CC1. The Kier molecular flexibility index (Phi) is 3.78. The first-order valence-corrected chi connectivity index (χ1v) is 7.37. The highest BCUT2D eigenvalue weighted by molar-refractivity contribution is 9.10. The molecule has 0 atom stereocenters. The van der Waals surface area contributed by atoms with Gasteiger partial charge in [-0.15, -0.1) is 0 Å². The van der Waals surface area contributed by atoms with E-state index in [1.54, 1.807) is 12.1 Å². The Hall–Kier alpha value is -1.75. The topological polar surface area (TPSA) is 36.7 Å². The van der Waals surface area contributed by atoms with Crippen LogP contribution in [-0.4, -0.2) is 37.0 Å². The molecular weight excluding hydrogens is 320 g/mol. The number of carbonyl (C=O) groups excluding carboxylic acids is 1. The van der Waals surface area contributed by atoms with Crippen LogP contribution in [-0.2, 0) is 0 Å². The molecule has 0 spiro atoms. The molecule has 0 saturated carbocycles. The van der Waals surface area contributed by atoms with E-state index in [9.17, 15) is 4.79 Å². The second-order valence-corrected chi connectivity index (χ2v) is 5.56. The third-order valence-corrected chi connectivity index (χ3v) is 4.16. The summed E-state index contributed by atoms with van der Waals surface area (Å²) in [6.45, 7) is 3.08. The summed E-state index contributed by atoms with van der Waals surface area (Å²) in [5.41, 5.74) is 1.18. The number of furan rings is 1. The molecule has 3 rings (SSSR count). The maximum absolute atomic E-state index is 12.2. The number of para-hydroxylation sites is 1. The summed E-state index contributed by atoms with van der Waals surface area (Å²) in [6.07, 6.45) is 1.53. The molecule has 4 nitrogen and oxygen atoms in total. The maximum Gasteiger partial charge on any atom is 0.289 e. The van der Waals surface area contributed by atoms with Crippen molar-refractivity contribution in [2.75, 3.05) is 31.1 Å². The molecule has 1 fully saturated rings. The minimum atomic E-state index is -0.0261. The van der Waals surface area contributed by atoms with Crippen molar-refractivity contribution in [1.29, 1.82) is 0 Å². The van der Waals surface area contributed by atoms with E-state index < -0.39 is 0 Å². The smallest absolute Gasteiger partial charge is 0.289 e. The Bertz CT molecular complexity index is 590. The molecule has 20 heavy (non-hydrogen) atoms. The van der Waals surface area contributed by atoms with E-state index in [0.29, 0.717) is 18.8 Å².